The average Bonchev–Trinajstić information content (AvgIpc) is 2.67. The summed E-state index contributed by atoms with van der Waals surface area (Å²) >= 11 is 0. The normalized spacial score (nSPS) is 24.9. The predicted octanol–water partition coefficient (Wildman–Crippen LogP) is 0.710. The fourth-order valence-electron chi connectivity index (χ4n) is 4.17. The van der Waals surface area contributed by atoms with E-state index < -0.39 is 19.0 Å². The third-order valence-corrected chi connectivity index (χ3v) is 5.75. The van der Waals surface area contributed by atoms with Gasteiger partial charge in [0, 0.05) is 25.0 Å². The van der Waals surface area contributed by atoms with Crippen LogP contribution in [-0.2, 0) is 11.2 Å². The Morgan fingerprint density at radius 1 is 1.31 bits per heavy atom. The van der Waals surface area contributed by atoms with Gasteiger partial charge in [-0.05, 0) is 56.6 Å². The van der Waals surface area contributed by atoms with E-state index in [0.29, 0.717) is 30.4 Å². The molecule has 0 radical (unpaired) electrons. The molecule has 3 rings (SSSR count). The lowest BCUT2D eigenvalue weighted by atomic mass is 9.72. The summed E-state index contributed by atoms with van der Waals surface area (Å²) < 4.78 is 5.43. The quantitative estimate of drug-likeness (QED) is 0.424. The molecule has 158 valence electrons. The minimum Gasteiger partial charge on any atom is -0.534 e. The number of carbonyl (C=O) groups excluding carboxylic acids is 1. The molecule has 1 fully saturated rings. The highest BCUT2D eigenvalue weighted by Gasteiger charge is 2.38. The standard InChI is InChI=1S/C20H30BN3O5/c1-12(22)11-23-15-7-5-13(6-8-15)9-18(25)24-17-10-14-3-2-4-16(20(26)27)19(14)29-21(17)28/h2-4,12-13,15,17,23,28H,5-11,22H2,1H3,(H,24,25)(H,26,27). The van der Waals surface area contributed by atoms with E-state index in [0.717, 1.165) is 32.2 Å². The Balaban J connectivity index is 1.49. The number of carboxylic acids is 1. The molecule has 1 amide bonds. The molecule has 29 heavy (non-hydrogen) atoms. The Hall–Kier alpha value is -2.10. The maximum Gasteiger partial charge on any atom is 0.547 e. The molecule has 8 nitrogen and oxygen atoms in total. The van der Waals surface area contributed by atoms with Gasteiger partial charge in [-0.1, -0.05) is 12.1 Å². The summed E-state index contributed by atoms with van der Waals surface area (Å²) in [4.78, 5) is 23.8. The number of nitrogens with two attached hydrogens (primary N) is 1. The summed E-state index contributed by atoms with van der Waals surface area (Å²) in [5.41, 5.74) is 6.46. The third kappa shape index (κ3) is 5.71. The van der Waals surface area contributed by atoms with Crippen molar-refractivity contribution in [3.63, 3.8) is 0 Å². The highest BCUT2D eigenvalue weighted by Crippen LogP contribution is 2.31. The summed E-state index contributed by atoms with van der Waals surface area (Å²) in [6.07, 6.45) is 4.79. The van der Waals surface area contributed by atoms with Crippen molar-refractivity contribution in [2.75, 3.05) is 6.54 Å². The van der Waals surface area contributed by atoms with Crippen LogP contribution in [0.2, 0.25) is 0 Å². The molecule has 2 unspecified atom stereocenters. The number of rotatable bonds is 7. The number of carbonyl (C=O) groups is 2. The molecule has 9 heteroatoms. The van der Waals surface area contributed by atoms with Crippen LogP contribution >= 0.6 is 0 Å². The van der Waals surface area contributed by atoms with Crippen molar-refractivity contribution >= 4 is 19.0 Å². The van der Waals surface area contributed by atoms with Crippen molar-refractivity contribution in [1.29, 1.82) is 0 Å². The van der Waals surface area contributed by atoms with Gasteiger partial charge in [-0.25, -0.2) is 4.79 Å². The van der Waals surface area contributed by atoms with Crippen LogP contribution in [-0.4, -0.2) is 53.7 Å². The van der Waals surface area contributed by atoms with Gasteiger partial charge >= 0.3 is 13.1 Å². The van der Waals surface area contributed by atoms with Gasteiger partial charge in [0.15, 0.2) is 0 Å². The van der Waals surface area contributed by atoms with Crippen molar-refractivity contribution in [3.8, 4) is 5.75 Å². The number of aromatic carboxylic acids is 1. The van der Waals surface area contributed by atoms with E-state index in [1.54, 1.807) is 12.1 Å². The van der Waals surface area contributed by atoms with Crippen LogP contribution in [0.4, 0.5) is 0 Å². The number of fused-ring (bicyclic) bond motifs is 1. The summed E-state index contributed by atoms with van der Waals surface area (Å²) in [6, 6.07) is 5.43. The van der Waals surface area contributed by atoms with Gasteiger partial charge in [-0.15, -0.1) is 0 Å². The first-order chi connectivity index (χ1) is 13.8. The van der Waals surface area contributed by atoms with Crippen LogP contribution in [0, 0.1) is 5.92 Å². The Morgan fingerprint density at radius 2 is 2.03 bits per heavy atom. The number of carboxylic acid groups (broad SMARTS) is 1. The number of hydrogen-bond donors (Lipinski definition) is 5. The summed E-state index contributed by atoms with van der Waals surface area (Å²) in [6.45, 7) is 2.79. The Kier molecular flexibility index (Phi) is 7.16. The zero-order chi connectivity index (χ0) is 21.0. The fraction of sp³-hybridized carbons (Fsp3) is 0.600. The molecule has 1 aliphatic heterocycles. The topological polar surface area (TPSA) is 134 Å². The van der Waals surface area contributed by atoms with Gasteiger partial charge in [0.05, 0.1) is 11.5 Å². The predicted molar refractivity (Wildman–Crippen MR) is 110 cm³/mol. The maximum absolute atomic E-state index is 12.5. The van der Waals surface area contributed by atoms with Crippen LogP contribution < -0.4 is 21.0 Å². The van der Waals surface area contributed by atoms with Crippen molar-refractivity contribution in [2.45, 2.75) is 63.5 Å². The first-order valence-corrected chi connectivity index (χ1v) is 10.3. The molecule has 1 aromatic rings. The SMILES string of the molecule is CC(N)CNC1CCC(CC(=O)NC2Cc3cccc(C(=O)O)c3OB2O)CC1. The molecule has 1 heterocycles. The van der Waals surface area contributed by atoms with Crippen molar-refractivity contribution in [2.24, 2.45) is 11.7 Å². The summed E-state index contributed by atoms with van der Waals surface area (Å²) in [7, 11) is -1.27. The van der Waals surface area contributed by atoms with E-state index in [9.17, 15) is 19.7 Å². The Morgan fingerprint density at radius 3 is 2.69 bits per heavy atom. The third-order valence-electron chi connectivity index (χ3n) is 5.75. The minimum absolute atomic E-state index is 0.0146. The van der Waals surface area contributed by atoms with Gasteiger partial charge in [0.1, 0.15) is 5.75 Å². The molecule has 1 aliphatic carbocycles. The molecule has 1 aromatic carbocycles. The maximum atomic E-state index is 12.5. The van der Waals surface area contributed by atoms with Crippen molar-refractivity contribution in [1.82, 2.24) is 10.6 Å². The van der Waals surface area contributed by atoms with Gasteiger partial charge in [0.2, 0.25) is 5.91 Å². The lowest BCUT2D eigenvalue weighted by molar-refractivity contribution is -0.122. The van der Waals surface area contributed by atoms with Gasteiger partial charge < -0.3 is 31.2 Å². The zero-order valence-electron chi connectivity index (χ0n) is 16.8. The second-order valence-corrected chi connectivity index (χ2v) is 8.29. The fourth-order valence-corrected chi connectivity index (χ4v) is 4.17. The molecule has 1 saturated carbocycles. The molecular formula is C20H30BN3O5. The first-order valence-electron chi connectivity index (χ1n) is 10.3. The van der Waals surface area contributed by atoms with Gasteiger partial charge in [0.25, 0.3) is 0 Å². The van der Waals surface area contributed by atoms with E-state index in [1.807, 2.05) is 6.92 Å². The van der Waals surface area contributed by atoms with E-state index in [4.69, 9.17) is 10.4 Å². The molecule has 0 spiro atoms. The smallest absolute Gasteiger partial charge is 0.534 e. The number of amides is 1. The second kappa shape index (κ2) is 9.60. The summed E-state index contributed by atoms with van der Waals surface area (Å²) in [5, 5.41) is 25.9. The van der Waals surface area contributed by atoms with E-state index in [1.165, 1.54) is 6.07 Å². The van der Waals surface area contributed by atoms with Crippen molar-refractivity contribution < 1.29 is 24.4 Å². The number of benzene rings is 1. The molecule has 0 saturated heterocycles. The van der Waals surface area contributed by atoms with Crippen molar-refractivity contribution in [3.05, 3.63) is 29.3 Å². The lowest BCUT2D eigenvalue weighted by Gasteiger charge is -2.31. The lowest BCUT2D eigenvalue weighted by Crippen LogP contribution is -2.53. The molecule has 2 atom stereocenters. The first kappa shape index (κ1) is 21.6. The average molecular weight is 403 g/mol. The molecule has 0 aromatic heterocycles. The molecule has 2 aliphatic rings. The van der Waals surface area contributed by atoms with Crippen LogP contribution in [0.3, 0.4) is 0 Å². The van der Waals surface area contributed by atoms with Gasteiger partial charge in [-0.3, -0.25) is 4.79 Å². The minimum atomic E-state index is -1.27. The van der Waals surface area contributed by atoms with Gasteiger partial charge in [-0.2, -0.15) is 0 Å². The highest BCUT2D eigenvalue weighted by atomic mass is 16.5. The molecule has 0 bridgehead atoms. The molecular weight excluding hydrogens is 373 g/mol. The van der Waals surface area contributed by atoms with Crippen LogP contribution in [0.1, 0.15) is 54.9 Å². The summed E-state index contributed by atoms with van der Waals surface area (Å²) in [5.74, 6) is -1.31. The van der Waals surface area contributed by atoms with E-state index in [-0.39, 0.29) is 23.3 Å². The Bertz CT molecular complexity index is 737. The van der Waals surface area contributed by atoms with Crippen LogP contribution in [0.15, 0.2) is 18.2 Å². The highest BCUT2D eigenvalue weighted by molar-refractivity contribution is 6.47. The van der Waals surface area contributed by atoms with Crippen LogP contribution in [0.5, 0.6) is 5.75 Å². The number of nitrogens with one attached hydrogen (secondary N) is 2. The number of para-hydroxylation sites is 1. The Labute approximate surface area is 171 Å². The monoisotopic (exact) mass is 403 g/mol. The molecule has 6 N–H and O–H groups in total. The van der Waals surface area contributed by atoms with E-state index in [2.05, 4.69) is 10.6 Å². The van der Waals surface area contributed by atoms with E-state index >= 15 is 0 Å². The zero-order valence-corrected chi connectivity index (χ0v) is 16.8. The number of hydrogen-bond acceptors (Lipinski definition) is 6. The second-order valence-electron chi connectivity index (χ2n) is 8.29. The van der Waals surface area contributed by atoms with Crippen LogP contribution in [0.25, 0.3) is 0 Å². The largest absolute Gasteiger partial charge is 0.547 e.